The molecular weight excluding hydrogens is 279 g/mol. The van der Waals surface area contributed by atoms with E-state index in [1.165, 1.54) is 17.8 Å². The molecule has 0 radical (unpaired) electrons. The molecule has 1 aromatic carbocycles. The number of benzene rings is 1. The molecule has 4 nitrogen and oxygen atoms in total. The van der Waals surface area contributed by atoms with Crippen molar-refractivity contribution in [3.63, 3.8) is 0 Å². The van der Waals surface area contributed by atoms with E-state index < -0.39 is 5.82 Å². The van der Waals surface area contributed by atoms with Crippen molar-refractivity contribution in [1.82, 2.24) is 4.98 Å². The van der Waals surface area contributed by atoms with Crippen LogP contribution in [0.1, 0.15) is 5.69 Å². The van der Waals surface area contributed by atoms with Gasteiger partial charge in [0.05, 0.1) is 25.6 Å². The number of ether oxygens (including phenoxy) is 2. The molecule has 20 heavy (non-hydrogen) atoms. The summed E-state index contributed by atoms with van der Waals surface area (Å²) in [7, 11) is 3.14. The Morgan fingerprint density at radius 1 is 1.25 bits per heavy atom. The van der Waals surface area contributed by atoms with Gasteiger partial charge in [-0.25, -0.2) is 4.39 Å². The second-order valence-corrected chi connectivity index (χ2v) is 5.01. The number of hydrogen-bond acceptors (Lipinski definition) is 5. The number of pyridine rings is 1. The summed E-state index contributed by atoms with van der Waals surface area (Å²) >= 11 is 1.45. The minimum atomic E-state index is -0.416. The van der Waals surface area contributed by atoms with Crippen molar-refractivity contribution in [1.29, 1.82) is 0 Å². The lowest BCUT2D eigenvalue weighted by atomic mass is 10.3. The number of nitrogens with zero attached hydrogens (tertiary/aromatic N) is 1. The zero-order valence-electron chi connectivity index (χ0n) is 11.2. The lowest BCUT2D eigenvalue weighted by molar-refractivity contribution is 0.350. The van der Waals surface area contributed by atoms with Gasteiger partial charge >= 0.3 is 0 Å². The van der Waals surface area contributed by atoms with Crippen LogP contribution in [0, 0.1) is 5.82 Å². The van der Waals surface area contributed by atoms with E-state index in [-0.39, 0.29) is 5.69 Å². The highest BCUT2D eigenvalue weighted by Crippen LogP contribution is 2.33. The summed E-state index contributed by atoms with van der Waals surface area (Å²) in [6, 6.07) is 6.46. The van der Waals surface area contributed by atoms with E-state index in [0.717, 1.165) is 10.6 Å². The van der Waals surface area contributed by atoms with E-state index in [2.05, 4.69) is 4.98 Å². The number of nitrogen functional groups attached to an aromatic ring is 1. The summed E-state index contributed by atoms with van der Waals surface area (Å²) in [6.45, 7) is 0. The van der Waals surface area contributed by atoms with Gasteiger partial charge in [0.2, 0.25) is 0 Å². The van der Waals surface area contributed by atoms with E-state index in [1.54, 1.807) is 38.6 Å². The Balaban J connectivity index is 2.16. The van der Waals surface area contributed by atoms with Crippen molar-refractivity contribution in [3.05, 3.63) is 42.0 Å². The first-order valence-corrected chi connectivity index (χ1v) is 6.88. The van der Waals surface area contributed by atoms with Crippen molar-refractivity contribution in [2.75, 3.05) is 20.0 Å². The first-order chi connectivity index (χ1) is 9.65. The zero-order chi connectivity index (χ0) is 14.5. The van der Waals surface area contributed by atoms with E-state index in [4.69, 9.17) is 15.2 Å². The fourth-order valence-electron chi connectivity index (χ4n) is 1.70. The maximum atomic E-state index is 13.4. The fraction of sp³-hybridized carbons (Fsp3) is 0.214. The predicted octanol–water partition coefficient (Wildman–Crippen LogP) is 3.11. The van der Waals surface area contributed by atoms with E-state index in [0.29, 0.717) is 17.3 Å². The monoisotopic (exact) mass is 294 g/mol. The van der Waals surface area contributed by atoms with Crippen LogP contribution < -0.4 is 15.2 Å². The molecule has 1 aromatic heterocycles. The molecule has 1 heterocycles. The third-order valence-electron chi connectivity index (χ3n) is 2.71. The topological polar surface area (TPSA) is 57.4 Å². The quantitative estimate of drug-likeness (QED) is 0.678. The van der Waals surface area contributed by atoms with E-state index >= 15 is 0 Å². The van der Waals surface area contributed by atoms with Gasteiger partial charge < -0.3 is 15.2 Å². The predicted molar refractivity (Wildman–Crippen MR) is 77.7 cm³/mol. The summed E-state index contributed by atoms with van der Waals surface area (Å²) < 4.78 is 23.9. The molecule has 0 unspecified atom stereocenters. The lowest BCUT2D eigenvalue weighted by Gasteiger charge is -2.11. The first kappa shape index (κ1) is 14.5. The molecule has 0 aliphatic heterocycles. The van der Waals surface area contributed by atoms with Gasteiger partial charge in [-0.2, -0.15) is 0 Å². The number of halogens is 1. The molecular formula is C14H15FN2O2S. The van der Waals surface area contributed by atoms with Crippen LogP contribution in [-0.2, 0) is 5.75 Å². The molecule has 0 fully saturated rings. The zero-order valence-corrected chi connectivity index (χ0v) is 12.0. The van der Waals surface area contributed by atoms with Crippen LogP contribution in [0.4, 0.5) is 10.1 Å². The number of anilines is 1. The molecule has 2 N–H and O–H groups in total. The molecule has 0 spiro atoms. The Labute approximate surface area is 121 Å². The second kappa shape index (κ2) is 6.47. The minimum Gasteiger partial charge on any atom is -0.493 e. The summed E-state index contributed by atoms with van der Waals surface area (Å²) in [6.07, 6.45) is 1.65. The Hall–Kier alpha value is -1.95. The average Bonchev–Trinajstić information content (AvgIpc) is 2.47. The Morgan fingerprint density at radius 3 is 2.70 bits per heavy atom. The molecule has 0 saturated carbocycles. The molecule has 106 valence electrons. The Morgan fingerprint density at radius 2 is 2.05 bits per heavy atom. The Kier molecular flexibility index (Phi) is 4.68. The molecule has 0 saturated heterocycles. The van der Waals surface area contributed by atoms with Crippen molar-refractivity contribution < 1.29 is 13.9 Å². The standard InChI is InChI=1S/C14H15FN2O2S/c1-18-13-5-6-17-12(14(13)19-2)8-20-9-3-4-11(16)10(15)7-9/h3-7H,8,16H2,1-2H3. The summed E-state index contributed by atoms with van der Waals surface area (Å²) in [5.41, 5.74) is 6.34. The van der Waals surface area contributed by atoms with Gasteiger partial charge in [0.25, 0.3) is 0 Å². The molecule has 0 amide bonds. The van der Waals surface area contributed by atoms with Crippen LogP contribution in [-0.4, -0.2) is 19.2 Å². The first-order valence-electron chi connectivity index (χ1n) is 5.89. The summed E-state index contributed by atoms with van der Waals surface area (Å²) in [4.78, 5) is 5.05. The maximum absolute atomic E-state index is 13.4. The number of aromatic nitrogens is 1. The third kappa shape index (κ3) is 3.14. The lowest BCUT2D eigenvalue weighted by Crippen LogP contribution is -1.97. The van der Waals surface area contributed by atoms with Crippen molar-refractivity contribution in [2.45, 2.75) is 10.6 Å². The molecule has 0 bridgehead atoms. The fourth-order valence-corrected chi connectivity index (χ4v) is 2.56. The summed E-state index contributed by atoms with van der Waals surface area (Å²) in [5, 5.41) is 0. The van der Waals surface area contributed by atoms with Gasteiger partial charge in [0.1, 0.15) is 5.82 Å². The van der Waals surface area contributed by atoms with Crippen molar-refractivity contribution in [3.8, 4) is 11.5 Å². The largest absolute Gasteiger partial charge is 0.493 e. The van der Waals surface area contributed by atoms with E-state index in [1.807, 2.05) is 0 Å². The Bertz CT molecular complexity index is 608. The van der Waals surface area contributed by atoms with Crippen LogP contribution in [0.25, 0.3) is 0 Å². The van der Waals surface area contributed by atoms with Crippen LogP contribution in [0.2, 0.25) is 0 Å². The number of methoxy groups -OCH3 is 2. The second-order valence-electron chi connectivity index (χ2n) is 3.97. The average molecular weight is 294 g/mol. The van der Waals surface area contributed by atoms with Gasteiger partial charge in [-0.3, -0.25) is 4.98 Å². The minimum absolute atomic E-state index is 0.145. The van der Waals surface area contributed by atoms with Crippen LogP contribution in [0.15, 0.2) is 35.4 Å². The number of thioether (sulfide) groups is 1. The SMILES string of the molecule is COc1ccnc(CSc2ccc(N)c(F)c2)c1OC. The smallest absolute Gasteiger partial charge is 0.183 e. The van der Waals surface area contributed by atoms with Gasteiger partial charge in [-0.05, 0) is 18.2 Å². The van der Waals surface area contributed by atoms with Crippen LogP contribution in [0.5, 0.6) is 11.5 Å². The molecule has 0 aliphatic rings. The summed E-state index contributed by atoms with van der Waals surface area (Å²) in [5.74, 6) is 1.35. The number of hydrogen-bond donors (Lipinski definition) is 1. The molecule has 0 aliphatic carbocycles. The third-order valence-corrected chi connectivity index (χ3v) is 3.72. The van der Waals surface area contributed by atoms with Crippen molar-refractivity contribution in [2.24, 2.45) is 0 Å². The molecule has 6 heteroatoms. The van der Waals surface area contributed by atoms with Crippen LogP contribution in [0.3, 0.4) is 0 Å². The van der Waals surface area contributed by atoms with Gasteiger partial charge in [0, 0.05) is 22.9 Å². The highest BCUT2D eigenvalue weighted by atomic mass is 32.2. The molecule has 2 aromatic rings. The number of nitrogens with two attached hydrogens (primary N) is 1. The van der Waals surface area contributed by atoms with Crippen LogP contribution >= 0.6 is 11.8 Å². The molecule has 2 rings (SSSR count). The highest BCUT2D eigenvalue weighted by Gasteiger charge is 2.11. The number of rotatable bonds is 5. The maximum Gasteiger partial charge on any atom is 0.183 e. The van der Waals surface area contributed by atoms with Gasteiger partial charge in [0.15, 0.2) is 11.5 Å². The van der Waals surface area contributed by atoms with Gasteiger partial charge in [-0.15, -0.1) is 11.8 Å². The normalized spacial score (nSPS) is 10.3. The van der Waals surface area contributed by atoms with E-state index in [9.17, 15) is 4.39 Å². The highest BCUT2D eigenvalue weighted by molar-refractivity contribution is 7.98. The van der Waals surface area contributed by atoms with Crippen molar-refractivity contribution >= 4 is 17.4 Å². The van der Waals surface area contributed by atoms with Gasteiger partial charge in [-0.1, -0.05) is 0 Å². The molecule has 0 atom stereocenters.